The van der Waals surface area contributed by atoms with Crippen molar-refractivity contribution >= 4 is 64.5 Å². The molecule has 0 radical (unpaired) electrons. The van der Waals surface area contributed by atoms with Gasteiger partial charge in [0.1, 0.15) is 5.04 Å². The standard InChI is InChI=1S/C14H18NO3PS4/c1-4-17-19(16,18-5-2)14(21-3)22-12(15-13(20)23-14)11-9-7-6-8-10-11/h6-10H,4-5H2,1-3H3. The van der Waals surface area contributed by atoms with Gasteiger partial charge in [-0.05, 0) is 20.1 Å². The van der Waals surface area contributed by atoms with Crippen LogP contribution in [0.25, 0.3) is 0 Å². The number of rotatable bonds is 7. The van der Waals surface area contributed by atoms with Crippen LogP contribution in [-0.2, 0) is 13.6 Å². The molecular weight excluding hydrogens is 389 g/mol. The first kappa shape index (κ1) is 19.5. The summed E-state index contributed by atoms with van der Waals surface area (Å²) in [6.45, 7) is 4.24. The zero-order valence-corrected chi connectivity index (χ0v) is 17.2. The van der Waals surface area contributed by atoms with Crippen LogP contribution in [0.1, 0.15) is 19.4 Å². The van der Waals surface area contributed by atoms with E-state index in [1.54, 1.807) is 0 Å². The SMILES string of the molecule is CCOP(=O)(OCC)C1(SC)SC(=S)N=C(c2ccccc2)S1. The van der Waals surface area contributed by atoms with Crippen molar-refractivity contribution in [3.8, 4) is 0 Å². The lowest BCUT2D eigenvalue weighted by atomic mass is 10.2. The molecule has 1 aliphatic rings. The number of nitrogens with zero attached hydrogens (tertiary/aromatic N) is 1. The van der Waals surface area contributed by atoms with Gasteiger partial charge in [-0.3, -0.25) is 4.57 Å². The molecule has 9 heteroatoms. The van der Waals surface area contributed by atoms with Crippen molar-refractivity contribution in [1.29, 1.82) is 0 Å². The fourth-order valence-electron chi connectivity index (χ4n) is 1.93. The van der Waals surface area contributed by atoms with Gasteiger partial charge in [-0.2, -0.15) is 0 Å². The predicted molar refractivity (Wildman–Crippen MR) is 108 cm³/mol. The third kappa shape index (κ3) is 4.24. The molecule has 126 valence electrons. The molecule has 0 aromatic heterocycles. The largest absolute Gasteiger partial charge is 0.367 e. The van der Waals surface area contributed by atoms with Gasteiger partial charge in [0.25, 0.3) is 0 Å². The molecule has 0 fully saturated rings. The molecule has 23 heavy (non-hydrogen) atoms. The smallest absolute Gasteiger partial charge is 0.307 e. The van der Waals surface area contributed by atoms with Crippen LogP contribution in [0.15, 0.2) is 35.3 Å². The second-order valence-electron chi connectivity index (χ2n) is 4.31. The first-order chi connectivity index (χ1) is 11.0. The van der Waals surface area contributed by atoms with E-state index in [0.29, 0.717) is 17.5 Å². The van der Waals surface area contributed by atoms with Crippen molar-refractivity contribution in [2.75, 3.05) is 19.5 Å². The number of hydrogen-bond donors (Lipinski definition) is 0. The van der Waals surface area contributed by atoms with Crippen LogP contribution in [0.3, 0.4) is 0 Å². The number of hydrogen-bond acceptors (Lipinski definition) is 7. The summed E-state index contributed by atoms with van der Waals surface area (Å²) in [4.78, 5) is 4.46. The summed E-state index contributed by atoms with van der Waals surface area (Å²) in [6, 6.07) is 9.74. The summed E-state index contributed by atoms with van der Waals surface area (Å²) < 4.78 is 24.2. The highest BCUT2D eigenvalue weighted by Crippen LogP contribution is 2.75. The number of benzene rings is 1. The molecule has 0 saturated carbocycles. The van der Waals surface area contributed by atoms with Crippen molar-refractivity contribution in [3.63, 3.8) is 0 Å². The van der Waals surface area contributed by atoms with E-state index < -0.39 is 10.7 Å². The van der Waals surface area contributed by atoms with Gasteiger partial charge in [0, 0.05) is 5.56 Å². The Hall–Kier alpha value is 0.180. The van der Waals surface area contributed by atoms with Crippen LogP contribution in [0.4, 0.5) is 0 Å². The molecule has 1 unspecified atom stereocenters. The summed E-state index contributed by atoms with van der Waals surface area (Å²) >= 11 is 9.45. The monoisotopic (exact) mass is 407 g/mol. The average Bonchev–Trinajstić information content (AvgIpc) is 2.55. The van der Waals surface area contributed by atoms with E-state index in [-0.39, 0.29) is 0 Å². The van der Waals surface area contributed by atoms with Gasteiger partial charge in [-0.25, -0.2) is 4.99 Å². The normalized spacial score (nSPS) is 22.0. The summed E-state index contributed by atoms with van der Waals surface area (Å²) in [7, 11) is -3.40. The molecule has 0 bridgehead atoms. The van der Waals surface area contributed by atoms with E-state index >= 15 is 0 Å². The maximum atomic E-state index is 13.4. The quantitative estimate of drug-likeness (QED) is 0.441. The Labute approximate surface area is 155 Å². The lowest BCUT2D eigenvalue weighted by Crippen LogP contribution is -2.26. The third-order valence-corrected chi connectivity index (χ3v) is 12.0. The molecule has 0 saturated heterocycles. The van der Waals surface area contributed by atoms with Crippen molar-refractivity contribution in [2.24, 2.45) is 4.99 Å². The molecule has 1 aromatic carbocycles. The highest BCUT2D eigenvalue weighted by atomic mass is 32.3. The Bertz CT molecular complexity index is 630. The Morgan fingerprint density at radius 1 is 1.22 bits per heavy atom. The summed E-state index contributed by atoms with van der Waals surface area (Å²) in [5, 5.41) is 0.739. The van der Waals surface area contributed by atoms with E-state index in [0.717, 1.165) is 10.6 Å². The fraction of sp³-hybridized carbons (Fsp3) is 0.429. The van der Waals surface area contributed by atoms with E-state index in [9.17, 15) is 4.57 Å². The van der Waals surface area contributed by atoms with Crippen LogP contribution in [-0.4, -0.2) is 32.0 Å². The number of thioether (sulfide) groups is 3. The highest BCUT2D eigenvalue weighted by Gasteiger charge is 2.56. The lowest BCUT2D eigenvalue weighted by molar-refractivity contribution is 0.221. The van der Waals surface area contributed by atoms with Crippen LogP contribution in [0.2, 0.25) is 0 Å². The summed E-state index contributed by atoms with van der Waals surface area (Å²) in [5.41, 5.74) is 0.943. The second kappa shape index (κ2) is 8.52. The maximum Gasteiger partial charge on any atom is 0.367 e. The van der Waals surface area contributed by atoms with E-state index in [4.69, 9.17) is 21.3 Å². The number of aliphatic imine (C=N–C) groups is 1. The van der Waals surface area contributed by atoms with E-state index in [1.165, 1.54) is 35.3 Å². The van der Waals surface area contributed by atoms with Crippen LogP contribution < -0.4 is 0 Å². The molecule has 4 nitrogen and oxygen atoms in total. The first-order valence-corrected chi connectivity index (χ1v) is 11.8. The molecule has 1 heterocycles. The minimum Gasteiger partial charge on any atom is -0.307 e. The van der Waals surface area contributed by atoms with E-state index in [2.05, 4.69) is 4.99 Å². The summed E-state index contributed by atoms with van der Waals surface area (Å²) in [6.07, 6.45) is 1.89. The molecule has 0 N–H and O–H groups in total. The zero-order valence-electron chi connectivity index (χ0n) is 13.1. The molecule has 0 amide bonds. The van der Waals surface area contributed by atoms with Crippen molar-refractivity contribution in [1.82, 2.24) is 0 Å². The molecule has 0 spiro atoms. The molecule has 2 rings (SSSR count). The van der Waals surface area contributed by atoms with Gasteiger partial charge in [-0.1, -0.05) is 66.1 Å². The Morgan fingerprint density at radius 2 is 1.83 bits per heavy atom. The van der Waals surface area contributed by atoms with Gasteiger partial charge >= 0.3 is 7.60 Å². The van der Waals surface area contributed by atoms with E-state index in [1.807, 2.05) is 50.4 Å². The van der Waals surface area contributed by atoms with Crippen LogP contribution in [0.5, 0.6) is 0 Å². The second-order valence-corrected chi connectivity index (χ2v) is 12.3. The Kier molecular flexibility index (Phi) is 7.22. The van der Waals surface area contributed by atoms with Gasteiger partial charge in [0.15, 0.2) is 4.32 Å². The average molecular weight is 408 g/mol. The zero-order chi connectivity index (χ0) is 16.9. The first-order valence-electron chi connectivity index (χ1n) is 7.00. The molecule has 1 aromatic rings. The Morgan fingerprint density at radius 3 is 2.35 bits per heavy atom. The minimum atomic E-state index is -3.40. The van der Waals surface area contributed by atoms with Crippen LogP contribution >= 0.6 is 55.1 Å². The molecule has 0 aliphatic carbocycles. The van der Waals surface area contributed by atoms with Gasteiger partial charge in [0.05, 0.1) is 13.2 Å². The van der Waals surface area contributed by atoms with Crippen molar-refractivity contribution in [2.45, 2.75) is 17.0 Å². The van der Waals surface area contributed by atoms with Gasteiger partial charge < -0.3 is 9.05 Å². The highest BCUT2D eigenvalue weighted by molar-refractivity contribution is 8.50. The summed E-state index contributed by atoms with van der Waals surface area (Å²) in [5.74, 6) is 0. The van der Waals surface area contributed by atoms with Crippen molar-refractivity contribution in [3.05, 3.63) is 35.9 Å². The third-order valence-electron chi connectivity index (χ3n) is 2.85. The lowest BCUT2D eigenvalue weighted by Gasteiger charge is -2.37. The Balaban J connectivity index is 2.45. The fourth-order valence-corrected chi connectivity index (χ4v) is 10.1. The van der Waals surface area contributed by atoms with Gasteiger partial charge in [-0.15, -0.1) is 11.8 Å². The minimum absolute atomic E-state index is 0.311. The topological polar surface area (TPSA) is 47.9 Å². The van der Waals surface area contributed by atoms with Crippen molar-refractivity contribution < 1.29 is 13.6 Å². The molecular formula is C14H18NO3PS4. The molecule has 1 atom stereocenters. The van der Waals surface area contributed by atoms with Gasteiger partial charge in [0.2, 0.25) is 3.15 Å². The predicted octanol–water partition coefficient (Wildman–Crippen LogP) is 5.44. The van der Waals surface area contributed by atoms with Crippen LogP contribution in [0, 0.1) is 0 Å². The maximum absolute atomic E-state index is 13.4. The molecule has 1 aliphatic heterocycles. The number of thiocarbonyl (C=S) groups is 1.